The van der Waals surface area contributed by atoms with Gasteiger partial charge in [-0.1, -0.05) is 48.5 Å². The van der Waals surface area contributed by atoms with Crippen LogP contribution in [0.3, 0.4) is 0 Å². The molecule has 4 nitrogen and oxygen atoms in total. The zero-order valence-corrected chi connectivity index (χ0v) is 14.8. The Morgan fingerprint density at radius 3 is 2.40 bits per heavy atom. The number of hydrogen-bond donors (Lipinski definition) is 1. The standard InChI is InChI=1S/C20H19N3OS/c1-15-21-18(16-8-4-2-5-9-16)14-20(22-15)25-13-12-19(24)23-17-10-6-3-7-11-17/h2-11,14H,12-13H2,1H3,(H,23,24). The van der Waals surface area contributed by atoms with Gasteiger partial charge in [-0.05, 0) is 25.1 Å². The van der Waals surface area contributed by atoms with Crippen LogP contribution in [0.2, 0.25) is 0 Å². The molecule has 0 unspecified atom stereocenters. The number of carbonyl (C=O) groups is 1. The predicted octanol–water partition coefficient (Wildman–Crippen LogP) is 4.57. The number of benzene rings is 2. The van der Waals surface area contributed by atoms with Gasteiger partial charge in [-0.15, -0.1) is 11.8 Å². The van der Waals surface area contributed by atoms with Crippen molar-refractivity contribution in [2.24, 2.45) is 0 Å². The molecule has 3 aromatic rings. The summed E-state index contributed by atoms with van der Waals surface area (Å²) in [7, 11) is 0. The topological polar surface area (TPSA) is 54.9 Å². The van der Waals surface area contributed by atoms with Crippen molar-refractivity contribution < 1.29 is 4.79 Å². The number of para-hydroxylation sites is 1. The summed E-state index contributed by atoms with van der Waals surface area (Å²) >= 11 is 1.57. The van der Waals surface area contributed by atoms with Crippen LogP contribution in [0.4, 0.5) is 5.69 Å². The fourth-order valence-corrected chi connectivity index (χ4v) is 3.25. The number of rotatable bonds is 6. The highest BCUT2D eigenvalue weighted by atomic mass is 32.2. The molecule has 1 amide bonds. The molecule has 1 N–H and O–H groups in total. The van der Waals surface area contributed by atoms with E-state index < -0.39 is 0 Å². The molecule has 0 aliphatic carbocycles. The van der Waals surface area contributed by atoms with Gasteiger partial charge < -0.3 is 5.32 Å². The van der Waals surface area contributed by atoms with Gasteiger partial charge in [0.1, 0.15) is 10.9 Å². The van der Waals surface area contributed by atoms with Crippen molar-refractivity contribution in [1.29, 1.82) is 0 Å². The Morgan fingerprint density at radius 2 is 1.68 bits per heavy atom. The summed E-state index contributed by atoms with van der Waals surface area (Å²) in [6.07, 6.45) is 0.434. The molecular weight excluding hydrogens is 330 g/mol. The van der Waals surface area contributed by atoms with Gasteiger partial charge in [-0.2, -0.15) is 0 Å². The Balaban J connectivity index is 1.58. The average Bonchev–Trinajstić information content (AvgIpc) is 2.63. The van der Waals surface area contributed by atoms with Crippen LogP contribution in [0.1, 0.15) is 12.2 Å². The number of hydrogen-bond acceptors (Lipinski definition) is 4. The van der Waals surface area contributed by atoms with Gasteiger partial charge >= 0.3 is 0 Å². The summed E-state index contributed by atoms with van der Waals surface area (Å²) < 4.78 is 0. The number of carbonyl (C=O) groups excluding carboxylic acids is 1. The molecule has 5 heteroatoms. The van der Waals surface area contributed by atoms with Crippen LogP contribution < -0.4 is 5.32 Å². The predicted molar refractivity (Wildman–Crippen MR) is 103 cm³/mol. The Kier molecular flexibility index (Phi) is 5.80. The van der Waals surface area contributed by atoms with E-state index in [9.17, 15) is 4.79 Å². The fraction of sp³-hybridized carbons (Fsp3) is 0.150. The maximum absolute atomic E-state index is 12.0. The first-order valence-corrected chi connectivity index (χ1v) is 9.08. The van der Waals surface area contributed by atoms with Crippen LogP contribution in [0, 0.1) is 6.92 Å². The van der Waals surface area contributed by atoms with Crippen molar-refractivity contribution in [3.05, 3.63) is 72.6 Å². The van der Waals surface area contributed by atoms with Crippen LogP contribution in [-0.4, -0.2) is 21.6 Å². The van der Waals surface area contributed by atoms with E-state index in [1.54, 1.807) is 11.8 Å². The second kappa shape index (κ2) is 8.44. The highest BCUT2D eigenvalue weighted by Gasteiger charge is 2.07. The molecule has 0 atom stereocenters. The van der Waals surface area contributed by atoms with Crippen LogP contribution in [0.25, 0.3) is 11.3 Å². The number of anilines is 1. The summed E-state index contributed by atoms with van der Waals surface area (Å²) in [5, 5.41) is 3.78. The summed E-state index contributed by atoms with van der Waals surface area (Å²) in [4.78, 5) is 21.0. The van der Waals surface area contributed by atoms with Crippen molar-refractivity contribution in [3.63, 3.8) is 0 Å². The Morgan fingerprint density at radius 1 is 1.00 bits per heavy atom. The van der Waals surface area contributed by atoms with Gasteiger partial charge in [0.15, 0.2) is 0 Å². The molecule has 25 heavy (non-hydrogen) atoms. The molecule has 0 aliphatic heterocycles. The minimum Gasteiger partial charge on any atom is -0.326 e. The summed E-state index contributed by atoms with van der Waals surface area (Å²) in [5.41, 5.74) is 2.79. The number of nitrogens with one attached hydrogen (secondary N) is 1. The van der Waals surface area contributed by atoms with Crippen molar-refractivity contribution in [3.8, 4) is 11.3 Å². The SMILES string of the molecule is Cc1nc(SCCC(=O)Nc2ccccc2)cc(-c2ccccc2)n1. The molecule has 0 aliphatic rings. The van der Waals surface area contributed by atoms with Gasteiger partial charge in [-0.25, -0.2) is 9.97 Å². The maximum atomic E-state index is 12.0. The smallest absolute Gasteiger partial charge is 0.225 e. The maximum Gasteiger partial charge on any atom is 0.225 e. The molecule has 126 valence electrons. The lowest BCUT2D eigenvalue weighted by Crippen LogP contribution is -2.12. The van der Waals surface area contributed by atoms with E-state index in [-0.39, 0.29) is 5.91 Å². The number of aromatic nitrogens is 2. The van der Waals surface area contributed by atoms with Crippen molar-refractivity contribution in [2.75, 3.05) is 11.1 Å². The molecule has 1 heterocycles. The van der Waals surface area contributed by atoms with E-state index in [0.29, 0.717) is 12.2 Å². The zero-order valence-electron chi connectivity index (χ0n) is 14.0. The van der Waals surface area contributed by atoms with Crippen LogP contribution in [-0.2, 0) is 4.79 Å². The van der Waals surface area contributed by atoms with E-state index >= 15 is 0 Å². The minimum absolute atomic E-state index is 0.00719. The third-order valence-corrected chi connectivity index (χ3v) is 4.43. The van der Waals surface area contributed by atoms with Gasteiger partial charge in [0, 0.05) is 23.4 Å². The van der Waals surface area contributed by atoms with E-state index in [2.05, 4.69) is 15.3 Å². The fourth-order valence-electron chi connectivity index (χ4n) is 2.36. The molecule has 1 aromatic heterocycles. The van der Waals surface area contributed by atoms with Crippen LogP contribution >= 0.6 is 11.8 Å². The largest absolute Gasteiger partial charge is 0.326 e. The van der Waals surface area contributed by atoms with Gasteiger partial charge in [-0.3, -0.25) is 4.79 Å². The summed E-state index contributed by atoms with van der Waals surface area (Å²) in [5.74, 6) is 1.41. The third kappa shape index (κ3) is 5.16. The molecule has 0 fully saturated rings. The first-order valence-electron chi connectivity index (χ1n) is 8.09. The van der Waals surface area contributed by atoms with E-state index in [1.807, 2.05) is 73.7 Å². The molecule has 0 saturated heterocycles. The number of amides is 1. The first kappa shape index (κ1) is 17.2. The number of nitrogens with zero attached hydrogens (tertiary/aromatic N) is 2. The zero-order chi connectivity index (χ0) is 17.5. The molecule has 0 radical (unpaired) electrons. The molecule has 0 bridgehead atoms. The van der Waals surface area contributed by atoms with E-state index in [0.717, 1.165) is 27.8 Å². The van der Waals surface area contributed by atoms with Gasteiger partial charge in [0.2, 0.25) is 5.91 Å². The highest BCUT2D eigenvalue weighted by Crippen LogP contribution is 2.23. The molecular formula is C20H19N3OS. The molecule has 2 aromatic carbocycles. The Hall–Kier alpha value is -2.66. The highest BCUT2D eigenvalue weighted by molar-refractivity contribution is 7.99. The van der Waals surface area contributed by atoms with Gasteiger partial charge in [0.05, 0.1) is 5.69 Å². The lowest BCUT2D eigenvalue weighted by atomic mass is 10.1. The van der Waals surface area contributed by atoms with E-state index in [4.69, 9.17) is 0 Å². The van der Waals surface area contributed by atoms with Crippen molar-refractivity contribution in [2.45, 2.75) is 18.4 Å². The summed E-state index contributed by atoms with van der Waals surface area (Å²) in [6, 6.07) is 21.5. The van der Waals surface area contributed by atoms with Crippen LogP contribution in [0.5, 0.6) is 0 Å². The van der Waals surface area contributed by atoms with E-state index in [1.165, 1.54) is 0 Å². The molecule has 3 rings (SSSR count). The Bertz CT molecular complexity index is 838. The quantitative estimate of drug-likeness (QED) is 0.523. The third-order valence-electron chi connectivity index (χ3n) is 3.52. The van der Waals surface area contributed by atoms with Crippen molar-refractivity contribution >= 4 is 23.4 Å². The summed E-state index contributed by atoms with van der Waals surface area (Å²) in [6.45, 7) is 1.89. The first-order chi connectivity index (χ1) is 12.2. The number of thioether (sulfide) groups is 1. The van der Waals surface area contributed by atoms with Gasteiger partial charge in [0.25, 0.3) is 0 Å². The number of aryl methyl sites for hydroxylation is 1. The average molecular weight is 349 g/mol. The van der Waals surface area contributed by atoms with Crippen molar-refractivity contribution in [1.82, 2.24) is 9.97 Å². The second-order valence-electron chi connectivity index (χ2n) is 5.52. The lowest BCUT2D eigenvalue weighted by Gasteiger charge is -2.07. The Labute approximate surface area is 151 Å². The lowest BCUT2D eigenvalue weighted by molar-refractivity contribution is -0.115. The van der Waals surface area contributed by atoms with Crippen LogP contribution in [0.15, 0.2) is 71.8 Å². The molecule has 0 spiro atoms. The molecule has 0 saturated carbocycles. The second-order valence-corrected chi connectivity index (χ2v) is 6.63. The minimum atomic E-state index is 0.00719. The monoisotopic (exact) mass is 349 g/mol. The normalized spacial score (nSPS) is 10.4.